The molecule has 4 rings (SSSR count). The average Bonchev–Trinajstić information content (AvgIpc) is 3.32. The smallest absolute Gasteiger partial charge is 0.264 e. The van der Waals surface area contributed by atoms with E-state index in [-0.39, 0.29) is 18.2 Å². The average molecular weight is 423 g/mol. The van der Waals surface area contributed by atoms with E-state index in [9.17, 15) is 8.42 Å². The van der Waals surface area contributed by atoms with E-state index in [1.165, 1.54) is 0 Å². The van der Waals surface area contributed by atoms with Crippen molar-refractivity contribution in [3.8, 4) is 0 Å². The molecule has 0 atom stereocenters. The molecule has 1 N–H and O–H groups in total. The van der Waals surface area contributed by atoms with Gasteiger partial charge in [-0.05, 0) is 37.5 Å². The third kappa shape index (κ3) is 6.35. The Morgan fingerprint density at radius 3 is 1.57 bits per heavy atom. The van der Waals surface area contributed by atoms with Gasteiger partial charge in [-0.15, -0.1) is 0 Å². The second kappa shape index (κ2) is 9.68. The van der Waals surface area contributed by atoms with Gasteiger partial charge in [-0.25, -0.2) is 0 Å². The van der Waals surface area contributed by atoms with Crippen LogP contribution in [-0.4, -0.2) is 71.0 Å². The molecule has 8 nitrogen and oxygen atoms in total. The van der Waals surface area contributed by atoms with Gasteiger partial charge in [0.2, 0.25) is 0 Å². The Hall–Kier alpha value is -0.290. The van der Waals surface area contributed by atoms with Gasteiger partial charge in [0, 0.05) is 32.3 Å². The molecule has 2 heterocycles. The monoisotopic (exact) mass is 422 g/mol. The van der Waals surface area contributed by atoms with Gasteiger partial charge < -0.3 is 24.1 Å². The fraction of sp³-hybridized carbons (Fsp3) is 1.00. The Morgan fingerprint density at radius 2 is 1.21 bits per heavy atom. The minimum absolute atomic E-state index is 0.258. The van der Waals surface area contributed by atoms with E-state index >= 15 is 0 Å². The van der Waals surface area contributed by atoms with Gasteiger partial charge in [-0.3, -0.25) is 4.18 Å². The topological polar surface area (TPSA) is 101 Å². The van der Waals surface area contributed by atoms with Crippen molar-refractivity contribution in [1.82, 2.24) is 0 Å². The summed E-state index contributed by atoms with van der Waals surface area (Å²) in [5.41, 5.74) is 0. The van der Waals surface area contributed by atoms with Crippen LogP contribution in [0.4, 0.5) is 0 Å². The lowest BCUT2D eigenvalue weighted by Crippen LogP contribution is -2.36. The predicted molar refractivity (Wildman–Crippen MR) is 101 cm³/mol. The van der Waals surface area contributed by atoms with Crippen LogP contribution in [0.1, 0.15) is 51.4 Å². The molecule has 0 unspecified atom stereocenters. The van der Waals surface area contributed by atoms with Gasteiger partial charge in [0.1, 0.15) is 0 Å². The lowest BCUT2D eigenvalue weighted by molar-refractivity contribution is -0.184. The van der Waals surface area contributed by atoms with Crippen molar-refractivity contribution in [2.75, 3.05) is 45.9 Å². The zero-order chi connectivity index (χ0) is 20.1. The summed E-state index contributed by atoms with van der Waals surface area (Å²) in [7, 11) is -3.31. The first-order valence-electron chi connectivity index (χ1n) is 10.3. The fourth-order valence-corrected chi connectivity index (χ4v) is 4.81. The molecule has 0 radical (unpaired) electrons. The van der Waals surface area contributed by atoms with E-state index in [1.807, 2.05) is 0 Å². The molecular weight excluding hydrogens is 388 g/mol. The van der Waals surface area contributed by atoms with Crippen molar-refractivity contribution < 1.29 is 36.7 Å². The number of hydrogen-bond acceptors (Lipinski definition) is 8. The minimum atomic E-state index is -3.31. The first-order chi connectivity index (χ1) is 13.3. The number of aliphatic hydroxyl groups excluding tert-OH is 1. The van der Waals surface area contributed by atoms with Crippen LogP contribution in [0.15, 0.2) is 0 Å². The highest BCUT2D eigenvalue weighted by molar-refractivity contribution is 7.85. The summed E-state index contributed by atoms with van der Waals surface area (Å²) in [6.45, 7) is 3.42. The lowest BCUT2D eigenvalue weighted by Gasteiger charge is -2.34. The SMILES string of the molecule is CS(=O)(=O)OCC1CCC2(CC1)OCCO2.OCC1CCC2(CC1)OCCO2. The summed E-state index contributed by atoms with van der Waals surface area (Å²) in [6, 6.07) is 0. The molecule has 2 saturated carbocycles. The highest BCUT2D eigenvalue weighted by Gasteiger charge is 2.41. The Labute approximate surface area is 167 Å². The molecular formula is C19H34O8S. The molecule has 2 saturated heterocycles. The fourth-order valence-electron chi connectivity index (χ4n) is 4.38. The Kier molecular flexibility index (Phi) is 7.74. The maximum Gasteiger partial charge on any atom is 0.264 e. The third-order valence-corrected chi connectivity index (χ3v) is 6.70. The predicted octanol–water partition coefficient (Wildman–Crippen LogP) is 1.81. The summed E-state index contributed by atoms with van der Waals surface area (Å²) < 4.78 is 48.8. The van der Waals surface area contributed by atoms with Crippen molar-refractivity contribution in [3.63, 3.8) is 0 Å². The molecule has 9 heteroatoms. The van der Waals surface area contributed by atoms with Gasteiger partial charge in [0.05, 0.1) is 39.3 Å². The Bertz CT molecular complexity index is 561. The molecule has 0 bridgehead atoms. The van der Waals surface area contributed by atoms with Gasteiger partial charge in [0.25, 0.3) is 10.1 Å². The molecule has 0 aromatic rings. The normalized spacial score (nSPS) is 29.7. The molecule has 28 heavy (non-hydrogen) atoms. The zero-order valence-electron chi connectivity index (χ0n) is 16.8. The van der Waals surface area contributed by atoms with E-state index in [2.05, 4.69) is 0 Å². The van der Waals surface area contributed by atoms with Crippen LogP contribution in [0.25, 0.3) is 0 Å². The van der Waals surface area contributed by atoms with E-state index in [1.54, 1.807) is 0 Å². The Morgan fingerprint density at radius 1 is 0.821 bits per heavy atom. The van der Waals surface area contributed by atoms with E-state index < -0.39 is 10.1 Å². The van der Waals surface area contributed by atoms with Crippen LogP contribution in [0.5, 0.6) is 0 Å². The van der Waals surface area contributed by atoms with Crippen LogP contribution >= 0.6 is 0 Å². The molecule has 2 aliphatic carbocycles. The van der Waals surface area contributed by atoms with Crippen LogP contribution in [0.2, 0.25) is 0 Å². The van der Waals surface area contributed by atoms with Gasteiger partial charge in [0.15, 0.2) is 11.6 Å². The molecule has 4 fully saturated rings. The van der Waals surface area contributed by atoms with Crippen LogP contribution in [0.3, 0.4) is 0 Å². The first kappa shape index (κ1) is 22.4. The van der Waals surface area contributed by atoms with E-state index in [0.29, 0.717) is 31.7 Å². The molecule has 164 valence electrons. The van der Waals surface area contributed by atoms with Crippen molar-refractivity contribution in [2.45, 2.75) is 62.9 Å². The van der Waals surface area contributed by atoms with Crippen LogP contribution in [0, 0.1) is 11.8 Å². The van der Waals surface area contributed by atoms with Crippen molar-refractivity contribution in [1.29, 1.82) is 0 Å². The van der Waals surface area contributed by atoms with Crippen LogP contribution in [-0.2, 0) is 33.2 Å². The summed E-state index contributed by atoms with van der Waals surface area (Å²) >= 11 is 0. The second-order valence-electron chi connectivity index (χ2n) is 8.27. The second-order valence-corrected chi connectivity index (χ2v) is 9.92. The first-order valence-corrected chi connectivity index (χ1v) is 12.2. The summed E-state index contributed by atoms with van der Waals surface area (Å²) in [5.74, 6) is 0.143. The number of hydrogen-bond donors (Lipinski definition) is 1. The maximum atomic E-state index is 10.9. The molecule has 0 aromatic carbocycles. The summed E-state index contributed by atoms with van der Waals surface area (Å²) in [6.07, 6.45) is 8.55. The van der Waals surface area contributed by atoms with Gasteiger partial charge in [-0.1, -0.05) is 0 Å². The third-order valence-electron chi connectivity index (χ3n) is 6.14. The number of aliphatic hydroxyl groups is 1. The molecule has 4 aliphatic rings. The molecule has 2 spiro atoms. The van der Waals surface area contributed by atoms with Crippen molar-refractivity contribution in [3.05, 3.63) is 0 Å². The molecule has 2 aliphatic heterocycles. The number of rotatable bonds is 4. The van der Waals surface area contributed by atoms with E-state index in [4.69, 9.17) is 28.2 Å². The van der Waals surface area contributed by atoms with Crippen molar-refractivity contribution in [2.24, 2.45) is 11.8 Å². The minimum Gasteiger partial charge on any atom is -0.396 e. The summed E-state index contributed by atoms with van der Waals surface area (Å²) in [4.78, 5) is 0. The van der Waals surface area contributed by atoms with Crippen LogP contribution < -0.4 is 0 Å². The quantitative estimate of drug-likeness (QED) is 0.685. The molecule has 0 aromatic heterocycles. The lowest BCUT2D eigenvalue weighted by atomic mass is 9.86. The molecule has 0 amide bonds. The van der Waals surface area contributed by atoms with Crippen molar-refractivity contribution >= 4 is 10.1 Å². The zero-order valence-corrected chi connectivity index (χ0v) is 17.6. The van der Waals surface area contributed by atoms with E-state index in [0.717, 1.165) is 70.8 Å². The van der Waals surface area contributed by atoms with Gasteiger partial charge in [-0.2, -0.15) is 8.42 Å². The Balaban J connectivity index is 0.000000167. The highest BCUT2D eigenvalue weighted by Crippen LogP contribution is 2.39. The number of ether oxygens (including phenoxy) is 4. The standard InChI is InChI=1S/C10H18O5S.C9H16O3/c1-16(11,12)15-8-9-2-4-10(5-3-9)13-6-7-14-10;10-7-8-1-3-9(4-2-8)11-5-6-12-9/h9H,2-8H2,1H3;8,10H,1-7H2. The summed E-state index contributed by atoms with van der Waals surface area (Å²) in [5, 5.41) is 8.94. The maximum absolute atomic E-state index is 10.9. The largest absolute Gasteiger partial charge is 0.396 e. The highest BCUT2D eigenvalue weighted by atomic mass is 32.2. The van der Waals surface area contributed by atoms with Gasteiger partial charge >= 0.3 is 0 Å².